The summed E-state index contributed by atoms with van der Waals surface area (Å²) in [6, 6.07) is 4.07. The molecule has 2 aromatic rings. The molecule has 0 aliphatic heterocycles. The summed E-state index contributed by atoms with van der Waals surface area (Å²) < 4.78 is 3.66. The zero-order valence-corrected chi connectivity index (χ0v) is 10.7. The number of rotatable bonds is 5. The van der Waals surface area contributed by atoms with Crippen LogP contribution in [-0.2, 0) is 27.1 Å². The van der Waals surface area contributed by atoms with Crippen LogP contribution in [0, 0.1) is 11.3 Å². The van der Waals surface area contributed by atoms with Crippen molar-refractivity contribution < 1.29 is 0 Å². The summed E-state index contributed by atoms with van der Waals surface area (Å²) >= 11 is 0. The zero-order valence-electron chi connectivity index (χ0n) is 10.7. The Bertz CT molecular complexity index is 558. The average molecular weight is 243 g/mol. The van der Waals surface area contributed by atoms with Gasteiger partial charge in [-0.25, -0.2) is 0 Å². The third kappa shape index (κ3) is 2.99. The minimum Gasteiger partial charge on any atom is -0.342 e. The molecule has 0 atom stereocenters. The van der Waals surface area contributed by atoms with Gasteiger partial charge in [0, 0.05) is 33.0 Å². The highest BCUT2D eigenvalue weighted by Crippen LogP contribution is 2.05. The second kappa shape index (κ2) is 5.52. The molecule has 5 heteroatoms. The predicted molar refractivity (Wildman–Crippen MR) is 68.7 cm³/mol. The Morgan fingerprint density at radius 1 is 1.33 bits per heavy atom. The van der Waals surface area contributed by atoms with Crippen molar-refractivity contribution in [3.63, 3.8) is 0 Å². The van der Waals surface area contributed by atoms with Crippen LogP contribution in [0.3, 0.4) is 0 Å². The first-order valence-corrected chi connectivity index (χ1v) is 5.92. The molecule has 1 N–H and O–H groups in total. The van der Waals surface area contributed by atoms with E-state index >= 15 is 0 Å². The van der Waals surface area contributed by atoms with Crippen LogP contribution in [0.4, 0.5) is 0 Å². The molecule has 0 aliphatic rings. The summed E-state index contributed by atoms with van der Waals surface area (Å²) in [6.07, 6.45) is 6.86. The molecule has 0 amide bonds. The Morgan fingerprint density at radius 2 is 2.17 bits per heavy atom. The van der Waals surface area contributed by atoms with Crippen molar-refractivity contribution in [2.24, 2.45) is 14.1 Å². The maximum atomic E-state index is 8.85. The van der Waals surface area contributed by atoms with Gasteiger partial charge in [-0.15, -0.1) is 0 Å². The maximum absolute atomic E-state index is 8.85. The molecular weight excluding hydrogens is 226 g/mol. The van der Waals surface area contributed by atoms with E-state index in [-0.39, 0.29) is 0 Å². The summed E-state index contributed by atoms with van der Waals surface area (Å²) in [7, 11) is 3.81. The minimum atomic E-state index is 0.694. The number of hydrogen-bond acceptors (Lipinski definition) is 3. The van der Waals surface area contributed by atoms with E-state index in [4.69, 9.17) is 5.26 Å². The minimum absolute atomic E-state index is 0.694. The van der Waals surface area contributed by atoms with Gasteiger partial charge in [-0.1, -0.05) is 0 Å². The normalized spacial score (nSPS) is 10.5. The van der Waals surface area contributed by atoms with Gasteiger partial charge in [0.05, 0.1) is 6.20 Å². The highest BCUT2D eigenvalue weighted by atomic mass is 15.2. The molecule has 0 bridgehead atoms. The largest absolute Gasteiger partial charge is 0.342 e. The van der Waals surface area contributed by atoms with Gasteiger partial charge in [0.15, 0.2) is 0 Å². The lowest BCUT2D eigenvalue weighted by Crippen LogP contribution is -2.16. The number of aromatic nitrogens is 3. The number of nitrogens with zero attached hydrogens (tertiary/aromatic N) is 4. The Kier molecular flexibility index (Phi) is 3.80. The van der Waals surface area contributed by atoms with Gasteiger partial charge in [-0.05, 0) is 30.2 Å². The van der Waals surface area contributed by atoms with Crippen molar-refractivity contribution in [2.45, 2.75) is 13.0 Å². The molecule has 18 heavy (non-hydrogen) atoms. The highest BCUT2D eigenvalue weighted by Gasteiger charge is 2.01. The Morgan fingerprint density at radius 3 is 2.78 bits per heavy atom. The monoisotopic (exact) mass is 243 g/mol. The average Bonchev–Trinajstić information content (AvgIpc) is 2.91. The molecule has 2 heterocycles. The molecule has 5 nitrogen and oxygen atoms in total. The molecule has 0 aliphatic carbocycles. The van der Waals surface area contributed by atoms with Crippen molar-refractivity contribution in [3.05, 3.63) is 41.5 Å². The topological polar surface area (TPSA) is 58.6 Å². The van der Waals surface area contributed by atoms with E-state index in [1.54, 1.807) is 0 Å². The Labute approximate surface area is 107 Å². The lowest BCUT2D eigenvalue weighted by Gasteiger charge is -2.01. The van der Waals surface area contributed by atoms with Crippen molar-refractivity contribution in [2.75, 3.05) is 6.54 Å². The Balaban J connectivity index is 1.77. The summed E-state index contributed by atoms with van der Waals surface area (Å²) in [5.41, 5.74) is 3.06. The van der Waals surface area contributed by atoms with Crippen LogP contribution < -0.4 is 5.32 Å². The fraction of sp³-hybridized carbons (Fsp3) is 0.385. The van der Waals surface area contributed by atoms with Crippen LogP contribution in [0.25, 0.3) is 0 Å². The van der Waals surface area contributed by atoms with E-state index in [1.807, 2.05) is 48.0 Å². The van der Waals surface area contributed by atoms with E-state index in [9.17, 15) is 0 Å². The fourth-order valence-corrected chi connectivity index (χ4v) is 1.91. The number of aryl methyl sites for hydroxylation is 2. The molecule has 0 saturated carbocycles. The summed E-state index contributed by atoms with van der Waals surface area (Å²) in [5.74, 6) is 0. The van der Waals surface area contributed by atoms with E-state index < -0.39 is 0 Å². The standard InChI is InChI=1S/C13H17N5/c1-17-9-12(5-13(17)6-14)7-15-4-3-11-8-16-18(2)10-11/h5,8-10,15H,3-4,7H2,1-2H3. The van der Waals surface area contributed by atoms with E-state index in [0.717, 1.165) is 25.1 Å². The lowest BCUT2D eigenvalue weighted by molar-refractivity contribution is 0.685. The van der Waals surface area contributed by atoms with Gasteiger partial charge < -0.3 is 9.88 Å². The van der Waals surface area contributed by atoms with E-state index in [0.29, 0.717) is 5.69 Å². The highest BCUT2D eigenvalue weighted by molar-refractivity contribution is 5.28. The van der Waals surface area contributed by atoms with Crippen LogP contribution in [0.15, 0.2) is 24.7 Å². The Hall–Kier alpha value is -2.06. The molecular formula is C13H17N5. The molecule has 0 fully saturated rings. The SMILES string of the molecule is Cn1cc(CCNCc2cc(C#N)n(C)c2)cn1. The molecule has 0 radical (unpaired) electrons. The van der Waals surface area contributed by atoms with Crippen LogP contribution >= 0.6 is 0 Å². The first-order valence-electron chi connectivity index (χ1n) is 5.92. The fourth-order valence-electron chi connectivity index (χ4n) is 1.91. The number of nitriles is 1. The van der Waals surface area contributed by atoms with Gasteiger partial charge in [0.2, 0.25) is 0 Å². The van der Waals surface area contributed by atoms with Crippen molar-refractivity contribution >= 4 is 0 Å². The van der Waals surface area contributed by atoms with E-state index in [1.165, 1.54) is 5.56 Å². The predicted octanol–water partition coefficient (Wildman–Crippen LogP) is 0.963. The molecule has 0 aromatic carbocycles. The van der Waals surface area contributed by atoms with Crippen molar-refractivity contribution in [3.8, 4) is 6.07 Å². The quantitative estimate of drug-likeness (QED) is 0.796. The molecule has 2 rings (SSSR count). The third-order valence-electron chi connectivity index (χ3n) is 2.85. The van der Waals surface area contributed by atoms with Gasteiger partial charge in [0.1, 0.15) is 11.8 Å². The first kappa shape index (κ1) is 12.4. The van der Waals surface area contributed by atoms with Crippen molar-refractivity contribution in [1.82, 2.24) is 19.7 Å². The number of hydrogen-bond donors (Lipinski definition) is 1. The summed E-state index contributed by atoms with van der Waals surface area (Å²) in [6.45, 7) is 1.69. The second-order valence-electron chi connectivity index (χ2n) is 4.41. The second-order valence-corrected chi connectivity index (χ2v) is 4.41. The van der Waals surface area contributed by atoms with Gasteiger partial charge >= 0.3 is 0 Å². The third-order valence-corrected chi connectivity index (χ3v) is 2.85. The molecule has 0 spiro atoms. The first-order chi connectivity index (χ1) is 8.69. The summed E-state index contributed by atoms with van der Waals surface area (Å²) in [5, 5.41) is 16.3. The van der Waals surface area contributed by atoms with Crippen LogP contribution in [0.5, 0.6) is 0 Å². The van der Waals surface area contributed by atoms with E-state index in [2.05, 4.69) is 16.5 Å². The van der Waals surface area contributed by atoms with Gasteiger partial charge in [-0.2, -0.15) is 10.4 Å². The lowest BCUT2D eigenvalue weighted by atomic mass is 10.2. The van der Waals surface area contributed by atoms with Crippen LogP contribution in [0.2, 0.25) is 0 Å². The van der Waals surface area contributed by atoms with Crippen LogP contribution in [-0.4, -0.2) is 20.9 Å². The molecule has 94 valence electrons. The molecule has 2 aromatic heterocycles. The zero-order chi connectivity index (χ0) is 13.0. The smallest absolute Gasteiger partial charge is 0.120 e. The molecule has 0 unspecified atom stereocenters. The van der Waals surface area contributed by atoms with Crippen LogP contribution in [0.1, 0.15) is 16.8 Å². The number of nitrogens with one attached hydrogen (secondary N) is 1. The van der Waals surface area contributed by atoms with Crippen molar-refractivity contribution in [1.29, 1.82) is 5.26 Å². The maximum Gasteiger partial charge on any atom is 0.120 e. The molecule has 0 saturated heterocycles. The van der Waals surface area contributed by atoms with Gasteiger partial charge in [0.25, 0.3) is 0 Å². The van der Waals surface area contributed by atoms with Gasteiger partial charge in [-0.3, -0.25) is 4.68 Å². The summed E-state index contributed by atoms with van der Waals surface area (Å²) in [4.78, 5) is 0.